The largest absolute Gasteiger partial charge is 0.497 e. The molecule has 0 saturated heterocycles. The van der Waals surface area contributed by atoms with Crippen molar-refractivity contribution >= 4 is 5.91 Å². The van der Waals surface area contributed by atoms with Gasteiger partial charge in [0.2, 0.25) is 0 Å². The zero-order valence-electron chi connectivity index (χ0n) is 17.0. The molecule has 0 fully saturated rings. The Balaban J connectivity index is 2.15. The van der Waals surface area contributed by atoms with Gasteiger partial charge in [-0.1, -0.05) is 19.1 Å². The number of amides is 1. The third-order valence-corrected chi connectivity index (χ3v) is 4.54. The second-order valence-electron chi connectivity index (χ2n) is 6.62. The molecule has 1 N–H and O–H groups in total. The minimum absolute atomic E-state index is 0.157. The molecule has 0 unspecified atom stereocenters. The normalized spacial score (nSPS) is 12.8. The highest BCUT2D eigenvalue weighted by atomic mass is 16.5. The highest BCUT2D eigenvalue weighted by molar-refractivity contribution is 5.81. The molecule has 0 aliphatic heterocycles. The second-order valence-corrected chi connectivity index (χ2v) is 6.62. The van der Waals surface area contributed by atoms with Crippen molar-refractivity contribution in [3.8, 4) is 17.2 Å². The van der Waals surface area contributed by atoms with Gasteiger partial charge in [-0.05, 0) is 62.6 Å². The van der Waals surface area contributed by atoms with Crippen LogP contribution in [0, 0.1) is 13.8 Å². The third-order valence-electron chi connectivity index (χ3n) is 4.54. The average Bonchev–Trinajstić information content (AvgIpc) is 2.67. The molecule has 0 aliphatic rings. The van der Waals surface area contributed by atoms with Crippen LogP contribution in [0.5, 0.6) is 17.2 Å². The van der Waals surface area contributed by atoms with Gasteiger partial charge in [-0.25, -0.2) is 0 Å². The van der Waals surface area contributed by atoms with Crippen molar-refractivity contribution in [1.82, 2.24) is 5.32 Å². The van der Waals surface area contributed by atoms with Crippen molar-refractivity contribution in [2.75, 3.05) is 14.2 Å². The molecule has 2 atom stereocenters. The molecule has 5 nitrogen and oxygen atoms in total. The summed E-state index contributed by atoms with van der Waals surface area (Å²) >= 11 is 0. The molecule has 0 saturated carbocycles. The van der Waals surface area contributed by atoms with Gasteiger partial charge in [0.15, 0.2) is 6.10 Å². The lowest BCUT2D eigenvalue weighted by Gasteiger charge is -2.23. The van der Waals surface area contributed by atoms with Crippen LogP contribution in [0.15, 0.2) is 36.4 Å². The number of hydrogen-bond donors (Lipinski definition) is 1. The highest BCUT2D eigenvalue weighted by Gasteiger charge is 2.23. The van der Waals surface area contributed by atoms with Crippen molar-refractivity contribution in [1.29, 1.82) is 0 Å². The Hall–Kier alpha value is -2.69. The minimum atomic E-state index is -0.565. The molecule has 146 valence electrons. The standard InChI is InChI=1S/C22H29NO4/c1-7-19(27-21-12-14(2)8-9-15(21)3)22(24)23-16(4)18-13-17(25-5)10-11-20(18)26-6/h8-13,16,19H,7H2,1-6H3,(H,23,24)/t16-,19-/m0/s1. The van der Waals surface area contributed by atoms with Gasteiger partial charge in [0.05, 0.1) is 20.3 Å². The van der Waals surface area contributed by atoms with E-state index < -0.39 is 6.10 Å². The van der Waals surface area contributed by atoms with E-state index in [-0.39, 0.29) is 11.9 Å². The number of hydrogen-bond acceptors (Lipinski definition) is 4. The zero-order chi connectivity index (χ0) is 20.0. The van der Waals surface area contributed by atoms with Gasteiger partial charge in [0.1, 0.15) is 17.2 Å². The van der Waals surface area contributed by atoms with Gasteiger partial charge in [-0.15, -0.1) is 0 Å². The molecule has 5 heteroatoms. The minimum Gasteiger partial charge on any atom is -0.497 e. The van der Waals surface area contributed by atoms with Crippen LogP contribution in [0.3, 0.4) is 0 Å². The predicted octanol–water partition coefficient (Wildman–Crippen LogP) is 4.36. The van der Waals surface area contributed by atoms with Crippen LogP contribution < -0.4 is 19.5 Å². The van der Waals surface area contributed by atoms with E-state index in [1.54, 1.807) is 14.2 Å². The van der Waals surface area contributed by atoms with Gasteiger partial charge >= 0.3 is 0 Å². The molecule has 1 amide bonds. The number of ether oxygens (including phenoxy) is 3. The fraction of sp³-hybridized carbons (Fsp3) is 0.409. The van der Waals surface area contributed by atoms with Crippen molar-refractivity contribution < 1.29 is 19.0 Å². The Bertz CT molecular complexity index is 788. The first-order valence-corrected chi connectivity index (χ1v) is 9.15. The van der Waals surface area contributed by atoms with E-state index in [2.05, 4.69) is 5.32 Å². The number of carbonyl (C=O) groups is 1. The molecule has 0 heterocycles. The summed E-state index contributed by atoms with van der Waals surface area (Å²) < 4.78 is 16.7. The molecule has 0 bridgehead atoms. The zero-order valence-corrected chi connectivity index (χ0v) is 17.0. The van der Waals surface area contributed by atoms with E-state index in [4.69, 9.17) is 14.2 Å². The first-order valence-electron chi connectivity index (χ1n) is 9.15. The summed E-state index contributed by atoms with van der Waals surface area (Å²) in [6.07, 6.45) is 0.00539. The van der Waals surface area contributed by atoms with E-state index >= 15 is 0 Å². The van der Waals surface area contributed by atoms with Gasteiger partial charge in [0, 0.05) is 5.56 Å². The quantitative estimate of drug-likeness (QED) is 0.749. The molecular weight excluding hydrogens is 342 g/mol. The maximum Gasteiger partial charge on any atom is 0.261 e. The van der Waals surface area contributed by atoms with Gasteiger partial charge in [0.25, 0.3) is 5.91 Å². The van der Waals surface area contributed by atoms with Gasteiger partial charge in [-0.3, -0.25) is 4.79 Å². The topological polar surface area (TPSA) is 56.8 Å². The SMILES string of the molecule is CC[C@H](Oc1cc(C)ccc1C)C(=O)N[C@@H](C)c1cc(OC)ccc1OC. The van der Waals surface area contributed by atoms with Crippen LogP contribution in [0.25, 0.3) is 0 Å². The molecule has 0 radical (unpaired) electrons. The van der Waals surface area contributed by atoms with Crippen molar-refractivity contribution in [3.05, 3.63) is 53.1 Å². The first kappa shape index (κ1) is 20.6. The summed E-state index contributed by atoms with van der Waals surface area (Å²) in [7, 11) is 3.22. The predicted molar refractivity (Wildman–Crippen MR) is 107 cm³/mol. The molecule has 2 rings (SSSR count). The molecule has 2 aromatic carbocycles. The van der Waals surface area contributed by atoms with Crippen molar-refractivity contribution in [3.63, 3.8) is 0 Å². The maximum absolute atomic E-state index is 12.8. The smallest absolute Gasteiger partial charge is 0.261 e. The number of rotatable bonds is 8. The fourth-order valence-corrected chi connectivity index (χ4v) is 2.87. The summed E-state index contributed by atoms with van der Waals surface area (Å²) in [6, 6.07) is 11.3. The Labute approximate surface area is 161 Å². The van der Waals surface area contributed by atoms with Crippen LogP contribution in [0.1, 0.15) is 43.0 Å². The van der Waals surface area contributed by atoms with Crippen molar-refractivity contribution in [2.24, 2.45) is 0 Å². The molecular formula is C22H29NO4. The molecule has 0 spiro atoms. The molecule has 0 aliphatic carbocycles. The lowest BCUT2D eigenvalue weighted by molar-refractivity contribution is -0.128. The molecule has 0 aromatic heterocycles. The number of carbonyl (C=O) groups excluding carboxylic acids is 1. The van der Waals surface area contributed by atoms with Crippen LogP contribution in [-0.2, 0) is 4.79 Å². The van der Waals surface area contributed by atoms with E-state index in [0.717, 1.165) is 22.4 Å². The Kier molecular flexibility index (Phi) is 7.11. The first-order chi connectivity index (χ1) is 12.9. The Morgan fingerprint density at radius 3 is 2.41 bits per heavy atom. The fourth-order valence-electron chi connectivity index (χ4n) is 2.87. The number of nitrogens with one attached hydrogen (secondary N) is 1. The van der Waals surface area contributed by atoms with Crippen LogP contribution >= 0.6 is 0 Å². The Morgan fingerprint density at radius 1 is 1.04 bits per heavy atom. The molecule has 27 heavy (non-hydrogen) atoms. The van der Waals surface area contributed by atoms with Crippen molar-refractivity contribution in [2.45, 2.75) is 46.3 Å². The maximum atomic E-state index is 12.8. The van der Waals surface area contributed by atoms with Gasteiger partial charge in [-0.2, -0.15) is 0 Å². The number of benzene rings is 2. The van der Waals surface area contributed by atoms with Crippen LogP contribution in [0.4, 0.5) is 0 Å². The van der Waals surface area contributed by atoms with E-state index in [0.29, 0.717) is 17.9 Å². The van der Waals surface area contributed by atoms with Crippen LogP contribution in [-0.4, -0.2) is 26.2 Å². The summed E-state index contributed by atoms with van der Waals surface area (Å²) in [4.78, 5) is 12.8. The summed E-state index contributed by atoms with van der Waals surface area (Å²) in [5.74, 6) is 2.00. The van der Waals surface area contributed by atoms with E-state index in [9.17, 15) is 4.79 Å². The number of aryl methyl sites for hydroxylation is 2. The average molecular weight is 371 g/mol. The summed E-state index contributed by atoms with van der Waals surface area (Å²) in [5, 5.41) is 3.03. The Morgan fingerprint density at radius 2 is 1.78 bits per heavy atom. The summed E-state index contributed by atoms with van der Waals surface area (Å²) in [6.45, 7) is 7.83. The third kappa shape index (κ3) is 5.16. The lowest BCUT2D eigenvalue weighted by Crippen LogP contribution is -2.39. The van der Waals surface area contributed by atoms with E-state index in [1.165, 1.54) is 0 Å². The monoisotopic (exact) mass is 371 g/mol. The van der Waals surface area contributed by atoms with Crippen LogP contribution in [0.2, 0.25) is 0 Å². The summed E-state index contributed by atoms with van der Waals surface area (Å²) in [5.41, 5.74) is 2.96. The second kappa shape index (κ2) is 9.31. The lowest BCUT2D eigenvalue weighted by atomic mass is 10.1. The number of methoxy groups -OCH3 is 2. The van der Waals surface area contributed by atoms with E-state index in [1.807, 2.05) is 64.1 Å². The van der Waals surface area contributed by atoms with Gasteiger partial charge < -0.3 is 19.5 Å². The molecule has 2 aromatic rings. The highest BCUT2D eigenvalue weighted by Crippen LogP contribution is 2.29.